The molecule has 0 saturated heterocycles. The van der Waals surface area contributed by atoms with E-state index >= 15 is 0 Å². The summed E-state index contributed by atoms with van der Waals surface area (Å²) in [5, 5.41) is 2.79. The van der Waals surface area contributed by atoms with Gasteiger partial charge in [0.05, 0.1) is 11.4 Å². The van der Waals surface area contributed by atoms with E-state index in [1.807, 2.05) is 42.5 Å². The first-order chi connectivity index (χ1) is 11.6. The third kappa shape index (κ3) is 5.62. The number of para-hydroxylation sites is 1. The lowest BCUT2D eigenvalue weighted by molar-refractivity contribution is -0.118. The van der Waals surface area contributed by atoms with Crippen LogP contribution in [0, 0.1) is 0 Å². The van der Waals surface area contributed by atoms with E-state index in [2.05, 4.69) is 12.2 Å². The largest absolute Gasteiger partial charge is 0.484 e. The van der Waals surface area contributed by atoms with Crippen molar-refractivity contribution in [3.05, 3.63) is 54.1 Å². The summed E-state index contributed by atoms with van der Waals surface area (Å²) in [5.74, 6) is 0.146. The summed E-state index contributed by atoms with van der Waals surface area (Å²) in [6, 6.07) is 14.9. The third-order valence-electron chi connectivity index (χ3n) is 3.23. The number of carbonyl (C=O) groups is 2. The lowest BCUT2D eigenvalue weighted by atomic mass is 10.2. The molecule has 0 fully saturated rings. The first-order valence-corrected chi connectivity index (χ1v) is 8.58. The number of amides is 2. The zero-order chi connectivity index (χ0) is 17.4. The SMILES string of the molecule is CCc1ccc(OCC(=O)Nc2ccccc2SCC(N)=O)cc1. The molecule has 0 aliphatic heterocycles. The van der Waals surface area contributed by atoms with Gasteiger partial charge in [-0.15, -0.1) is 11.8 Å². The molecule has 0 unspecified atom stereocenters. The number of rotatable bonds is 8. The number of anilines is 1. The second kappa shape index (κ2) is 8.98. The van der Waals surface area contributed by atoms with Crippen LogP contribution < -0.4 is 15.8 Å². The maximum absolute atomic E-state index is 12.1. The normalized spacial score (nSPS) is 10.2. The van der Waals surface area contributed by atoms with E-state index in [-0.39, 0.29) is 18.3 Å². The average Bonchev–Trinajstić information content (AvgIpc) is 2.59. The molecule has 6 heteroatoms. The fourth-order valence-electron chi connectivity index (χ4n) is 2.00. The molecule has 0 radical (unpaired) electrons. The number of nitrogens with two attached hydrogens (primary N) is 1. The average molecular weight is 344 g/mol. The number of aryl methyl sites for hydroxylation is 1. The molecule has 0 saturated carbocycles. The molecule has 0 spiro atoms. The number of benzene rings is 2. The van der Waals surface area contributed by atoms with Crippen molar-refractivity contribution in [2.45, 2.75) is 18.2 Å². The maximum Gasteiger partial charge on any atom is 0.262 e. The summed E-state index contributed by atoms with van der Waals surface area (Å²) < 4.78 is 5.48. The van der Waals surface area contributed by atoms with Gasteiger partial charge in [-0.2, -0.15) is 0 Å². The quantitative estimate of drug-likeness (QED) is 0.722. The van der Waals surface area contributed by atoms with E-state index < -0.39 is 5.91 Å². The zero-order valence-corrected chi connectivity index (χ0v) is 14.3. The third-order valence-corrected chi connectivity index (χ3v) is 4.33. The van der Waals surface area contributed by atoms with Crippen LogP contribution in [0.1, 0.15) is 12.5 Å². The van der Waals surface area contributed by atoms with Gasteiger partial charge in [-0.25, -0.2) is 0 Å². The number of hydrogen-bond acceptors (Lipinski definition) is 4. The number of carbonyl (C=O) groups excluding carboxylic acids is 2. The van der Waals surface area contributed by atoms with Gasteiger partial charge in [0.15, 0.2) is 6.61 Å². The highest BCUT2D eigenvalue weighted by Gasteiger charge is 2.09. The summed E-state index contributed by atoms with van der Waals surface area (Å²) >= 11 is 1.29. The minimum Gasteiger partial charge on any atom is -0.484 e. The Kier molecular flexibility index (Phi) is 6.69. The molecule has 0 bridgehead atoms. The van der Waals surface area contributed by atoms with Gasteiger partial charge in [0.1, 0.15) is 5.75 Å². The molecular formula is C18H20N2O3S. The Morgan fingerprint density at radius 2 is 1.83 bits per heavy atom. The summed E-state index contributed by atoms with van der Waals surface area (Å²) in [7, 11) is 0. The van der Waals surface area contributed by atoms with Crippen LogP contribution in [0.3, 0.4) is 0 Å². The van der Waals surface area contributed by atoms with Crippen LogP contribution in [0.2, 0.25) is 0 Å². The van der Waals surface area contributed by atoms with Crippen molar-refractivity contribution >= 4 is 29.3 Å². The second-order valence-electron chi connectivity index (χ2n) is 5.09. The van der Waals surface area contributed by atoms with Crippen molar-refractivity contribution < 1.29 is 14.3 Å². The highest BCUT2D eigenvalue weighted by Crippen LogP contribution is 2.26. The summed E-state index contributed by atoms with van der Waals surface area (Å²) in [5.41, 5.74) is 7.01. The molecule has 0 aromatic heterocycles. The van der Waals surface area contributed by atoms with Gasteiger partial charge in [0.2, 0.25) is 5.91 Å². The Bertz CT molecular complexity index is 702. The zero-order valence-electron chi connectivity index (χ0n) is 13.5. The van der Waals surface area contributed by atoms with Gasteiger partial charge in [0.25, 0.3) is 5.91 Å². The number of primary amides is 1. The van der Waals surface area contributed by atoms with E-state index in [1.54, 1.807) is 6.07 Å². The summed E-state index contributed by atoms with van der Waals surface area (Å²) in [6.07, 6.45) is 0.959. The van der Waals surface area contributed by atoms with Crippen LogP contribution in [0.25, 0.3) is 0 Å². The number of nitrogens with one attached hydrogen (secondary N) is 1. The molecule has 126 valence electrons. The summed E-state index contributed by atoms with van der Waals surface area (Å²) in [6.45, 7) is 2.00. The predicted octanol–water partition coefficient (Wildman–Crippen LogP) is 2.84. The van der Waals surface area contributed by atoms with Crippen LogP contribution >= 0.6 is 11.8 Å². The molecule has 2 aromatic rings. The van der Waals surface area contributed by atoms with Crippen LogP contribution in [0.15, 0.2) is 53.4 Å². The molecule has 5 nitrogen and oxygen atoms in total. The molecule has 2 amide bonds. The molecule has 0 atom stereocenters. The lowest BCUT2D eigenvalue weighted by Crippen LogP contribution is -2.20. The Balaban J connectivity index is 1.90. The van der Waals surface area contributed by atoms with Crippen molar-refractivity contribution in [1.82, 2.24) is 0 Å². The first-order valence-electron chi connectivity index (χ1n) is 7.60. The van der Waals surface area contributed by atoms with Gasteiger partial charge in [-0.05, 0) is 36.2 Å². The van der Waals surface area contributed by atoms with E-state index in [1.165, 1.54) is 17.3 Å². The van der Waals surface area contributed by atoms with Crippen molar-refractivity contribution in [1.29, 1.82) is 0 Å². The highest BCUT2D eigenvalue weighted by molar-refractivity contribution is 8.00. The Morgan fingerprint density at radius 1 is 1.12 bits per heavy atom. The predicted molar refractivity (Wildman–Crippen MR) is 96.3 cm³/mol. The van der Waals surface area contributed by atoms with Crippen molar-refractivity contribution in [3.8, 4) is 5.75 Å². The molecule has 0 aliphatic carbocycles. The monoisotopic (exact) mass is 344 g/mol. The smallest absolute Gasteiger partial charge is 0.262 e. The van der Waals surface area contributed by atoms with Crippen LogP contribution in [0.5, 0.6) is 5.75 Å². The van der Waals surface area contributed by atoms with Gasteiger partial charge in [0, 0.05) is 4.90 Å². The Hall–Kier alpha value is -2.47. The fraction of sp³-hybridized carbons (Fsp3) is 0.222. The molecule has 0 aliphatic rings. The second-order valence-corrected chi connectivity index (χ2v) is 6.10. The van der Waals surface area contributed by atoms with Crippen molar-refractivity contribution in [2.24, 2.45) is 5.73 Å². The topological polar surface area (TPSA) is 81.4 Å². The standard InChI is InChI=1S/C18H20N2O3S/c1-2-13-7-9-14(10-8-13)23-11-18(22)20-15-5-3-4-6-16(15)24-12-17(19)21/h3-10H,2,11-12H2,1H3,(H2,19,21)(H,20,22). The number of thioether (sulfide) groups is 1. The Morgan fingerprint density at radius 3 is 2.50 bits per heavy atom. The van der Waals surface area contributed by atoms with Crippen LogP contribution in [-0.2, 0) is 16.0 Å². The van der Waals surface area contributed by atoms with Crippen molar-refractivity contribution in [3.63, 3.8) is 0 Å². The van der Waals surface area contributed by atoms with E-state index in [0.717, 1.165) is 11.3 Å². The van der Waals surface area contributed by atoms with E-state index in [9.17, 15) is 9.59 Å². The van der Waals surface area contributed by atoms with Gasteiger partial charge in [-0.3, -0.25) is 9.59 Å². The lowest BCUT2D eigenvalue weighted by Gasteiger charge is -2.11. The van der Waals surface area contributed by atoms with Crippen molar-refractivity contribution in [2.75, 3.05) is 17.7 Å². The van der Waals surface area contributed by atoms with Gasteiger partial charge >= 0.3 is 0 Å². The minimum absolute atomic E-state index is 0.0830. The number of hydrogen-bond donors (Lipinski definition) is 2. The van der Waals surface area contributed by atoms with Gasteiger partial charge in [-0.1, -0.05) is 31.2 Å². The minimum atomic E-state index is -0.403. The van der Waals surface area contributed by atoms with E-state index in [0.29, 0.717) is 11.4 Å². The molecule has 3 N–H and O–H groups in total. The Labute approximate surface area is 145 Å². The van der Waals surface area contributed by atoms with Crippen LogP contribution in [-0.4, -0.2) is 24.2 Å². The summed E-state index contributed by atoms with van der Waals surface area (Å²) in [4.78, 5) is 23.8. The highest BCUT2D eigenvalue weighted by atomic mass is 32.2. The molecule has 0 heterocycles. The number of ether oxygens (including phenoxy) is 1. The first kappa shape index (κ1) is 17.9. The van der Waals surface area contributed by atoms with Crippen LogP contribution in [0.4, 0.5) is 5.69 Å². The molecule has 2 aromatic carbocycles. The molecule has 24 heavy (non-hydrogen) atoms. The fourth-order valence-corrected chi connectivity index (χ4v) is 2.75. The molecule has 2 rings (SSSR count). The van der Waals surface area contributed by atoms with Gasteiger partial charge < -0.3 is 15.8 Å². The maximum atomic E-state index is 12.1. The molecular weight excluding hydrogens is 324 g/mol. The van der Waals surface area contributed by atoms with E-state index in [4.69, 9.17) is 10.5 Å².